The molecule has 0 saturated heterocycles. The minimum atomic E-state index is -0.0110. The molecule has 3 heterocycles. The van der Waals surface area contributed by atoms with Crippen LogP contribution in [-0.2, 0) is 0 Å². The Hall–Kier alpha value is -4.18. The van der Waals surface area contributed by atoms with Gasteiger partial charge in [0.25, 0.3) is 0 Å². The van der Waals surface area contributed by atoms with Crippen LogP contribution < -0.4 is 15.3 Å². The Balaban J connectivity index is 0.000000141. The van der Waals surface area contributed by atoms with Crippen LogP contribution in [0, 0.1) is 0 Å². The van der Waals surface area contributed by atoms with Crippen LogP contribution in [0.25, 0.3) is 32.7 Å². The van der Waals surface area contributed by atoms with Crippen molar-refractivity contribution in [2.45, 2.75) is 0 Å². The largest absolute Gasteiger partial charge is 0.871 e. The zero-order valence-corrected chi connectivity index (χ0v) is 19.2. The minimum absolute atomic E-state index is 0. The molecule has 6 aromatic rings. The van der Waals surface area contributed by atoms with Crippen molar-refractivity contribution in [1.29, 1.82) is 0 Å². The second kappa shape index (κ2) is 11.6. The second-order valence-corrected chi connectivity index (χ2v) is 6.99. The molecule has 3 aromatic carbocycles. The normalized spacial score (nSPS) is 9.88. The highest BCUT2D eigenvalue weighted by atomic mass is 27.0. The van der Waals surface area contributed by atoms with E-state index in [9.17, 15) is 15.3 Å². The van der Waals surface area contributed by atoms with E-state index in [1.54, 1.807) is 36.8 Å². The van der Waals surface area contributed by atoms with E-state index in [4.69, 9.17) is 0 Å². The number of hydrogen-bond donors (Lipinski definition) is 0. The average Bonchev–Trinajstić information content (AvgIpc) is 2.86. The first kappa shape index (κ1) is 24.5. The summed E-state index contributed by atoms with van der Waals surface area (Å²) >= 11 is 0. The molecule has 0 atom stereocenters. The van der Waals surface area contributed by atoms with Gasteiger partial charge in [-0.2, -0.15) is 0 Å². The van der Waals surface area contributed by atoms with Crippen LogP contribution in [0.2, 0.25) is 0 Å². The van der Waals surface area contributed by atoms with Gasteiger partial charge in [0.2, 0.25) is 0 Å². The van der Waals surface area contributed by atoms with Crippen LogP contribution in [0.3, 0.4) is 0 Å². The Morgan fingerprint density at radius 1 is 0.382 bits per heavy atom. The molecule has 0 unspecified atom stereocenters. The number of fused-ring (bicyclic) bond motifs is 3. The number of nitrogens with zero attached hydrogens (tertiary/aromatic N) is 3. The maximum absolute atomic E-state index is 11.1. The molecule has 0 amide bonds. The van der Waals surface area contributed by atoms with Crippen LogP contribution in [0.5, 0.6) is 17.2 Å². The monoisotopic (exact) mass is 459 g/mol. The second-order valence-electron chi connectivity index (χ2n) is 6.99. The molecule has 0 saturated carbocycles. The summed E-state index contributed by atoms with van der Waals surface area (Å²) < 4.78 is 0. The highest BCUT2D eigenvalue weighted by Crippen LogP contribution is 2.19. The fourth-order valence-corrected chi connectivity index (χ4v) is 3.23. The summed E-state index contributed by atoms with van der Waals surface area (Å²) in [6.45, 7) is 0. The summed E-state index contributed by atoms with van der Waals surface area (Å²) in [7, 11) is 0. The summed E-state index contributed by atoms with van der Waals surface area (Å²) in [5.74, 6) is -0.0331. The third-order valence-electron chi connectivity index (χ3n) is 4.79. The smallest absolute Gasteiger partial charge is 0.0623 e. The molecule has 0 aliphatic rings. The van der Waals surface area contributed by atoms with E-state index in [1.165, 1.54) is 18.2 Å². The molecule has 0 spiro atoms. The van der Waals surface area contributed by atoms with Crippen molar-refractivity contribution in [3.8, 4) is 17.2 Å². The maximum Gasteiger partial charge on any atom is 0.0623 e. The zero-order chi connectivity index (χ0) is 23.0. The van der Waals surface area contributed by atoms with E-state index in [1.807, 2.05) is 54.6 Å². The SMILES string of the molecule is [Al].[O-]c1cccc2cccnc12.[O-]c1cccc2cccnc12.[O-]c1cccc2cccnc12. The lowest BCUT2D eigenvalue weighted by atomic mass is 10.2. The van der Waals surface area contributed by atoms with Crippen LogP contribution in [-0.4, -0.2) is 32.3 Å². The Labute approximate surface area is 207 Å². The topological polar surface area (TPSA) is 108 Å². The minimum Gasteiger partial charge on any atom is -0.871 e. The third-order valence-corrected chi connectivity index (χ3v) is 4.79. The van der Waals surface area contributed by atoms with E-state index in [2.05, 4.69) is 15.0 Å². The van der Waals surface area contributed by atoms with Gasteiger partial charge in [-0.15, -0.1) is 0 Å². The summed E-state index contributed by atoms with van der Waals surface area (Å²) in [6.07, 6.45) is 4.89. The zero-order valence-electron chi connectivity index (χ0n) is 18.0. The Morgan fingerprint density at radius 2 is 0.647 bits per heavy atom. The van der Waals surface area contributed by atoms with E-state index < -0.39 is 0 Å². The van der Waals surface area contributed by atoms with Gasteiger partial charge in [0, 0.05) is 36.0 Å². The third kappa shape index (κ3) is 5.79. The van der Waals surface area contributed by atoms with Gasteiger partial charge in [-0.3, -0.25) is 15.0 Å². The van der Waals surface area contributed by atoms with Crippen LogP contribution in [0.15, 0.2) is 110 Å². The van der Waals surface area contributed by atoms with Gasteiger partial charge in [-0.1, -0.05) is 90.0 Å². The van der Waals surface area contributed by atoms with Crippen LogP contribution in [0.4, 0.5) is 0 Å². The van der Waals surface area contributed by atoms with Crippen molar-refractivity contribution >= 4 is 50.1 Å². The predicted octanol–water partition coefficient (Wildman–Crippen LogP) is 3.54. The molecule has 6 rings (SSSR count). The van der Waals surface area contributed by atoms with Gasteiger partial charge in [0.15, 0.2) is 0 Å². The Kier molecular flexibility index (Phi) is 8.36. The number of aromatic nitrogens is 3. The van der Waals surface area contributed by atoms with Crippen molar-refractivity contribution in [2.75, 3.05) is 0 Å². The van der Waals surface area contributed by atoms with E-state index in [0.717, 1.165) is 16.2 Å². The number of para-hydroxylation sites is 3. The molecular weight excluding hydrogens is 441 g/mol. The summed E-state index contributed by atoms with van der Waals surface area (Å²) in [5, 5.41) is 36.1. The highest BCUT2D eigenvalue weighted by molar-refractivity contribution is 5.84. The molecule has 7 heteroatoms. The van der Waals surface area contributed by atoms with Crippen molar-refractivity contribution in [3.05, 3.63) is 110 Å². The lowest BCUT2D eigenvalue weighted by Gasteiger charge is -2.06. The maximum atomic E-state index is 11.1. The molecule has 3 radical (unpaired) electrons. The van der Waals surface area contributed by atoms with Crippen molar-refractivity contribution in [1.82, 2.24) is 15.0 Å². The highest BCUT2D eigenvalue weighted by Gasteiger charge is 1.91. The number of rotatable bonds is 0. The Morgan fingerprint density at radius 3 is 0.912 bits per heavy atom. The van der Waals surface area contributed by atoms with Gasteiger partial charge in [0.05, 0.1) is 16.6 Å². The van der Waals surface area contributed by atoms with Crippen LogP contribution >= 0.6 is 0 Å². The lowest BCUT2D eigenvalue weighted by Crippen LogP contribution is -1.91. The number of pyridine rings is 3. The van der Waals surface area contributed by atoms with E-state index in [0.29, 0.717) is 16.6 Å². The summed E-state index contributed by atoms with van der Waals surface area (Å²) in [6, 6.07) is 26.5. The van der Waals surface area contributed by atoms with Crippen molar-refractivity contribution in [3.63, 3.8) is 0 Å². The first-order valence-electron chi connectivity index (χ1n) is 10.2. The molecule has 3 aromatic heterocycles. The first-order valence-corrected chi connectivity index (χ1v) is 10.2. The standard InChI is InChI=1S/3C9H7NO.Al/c3*11-8-5-1-3-7-4-2-6-10-9(7)8;/h3*1-6,11H;/p-3. The van der Waals surface area contributed by atoms with Gasteiger partial charge in [-0.25, -0.2) is 0 Å². The summed E-state index contributed by atoms with van der Waals surface area (Å²) in [4.78, 5) is 11.9. The number of hydrogen-bond acceptors (Lipinski definition) is 6. The lowest BCUT2D eigenvalue weighted by molar-refractivity contribution is -0.266. The predicted molar refractivity (Wildman–Crippen MR) is 129 cm³/mol. The molecule has 0 bridgehead atoms. The molecule has 0 aliphatic heterocycles. The molecule has 0 N–H and O–H groups in total. The van der Waals surface area contributed by atoms with Crippen LogP contribution in [0.1, 0.15) is 0 Å². The average molecular weight is 459 g/mol. The van der Waals surface area contributed by atoms with E-state index in [-0.39, 0.29) is 34.6 Å². The van der Waals surface area contributed by atoms with Gasteiger partial charge < -0.3 is 15.3 Å². The molecule has 6 nitrogen and oxygen atoms in total. The van der Waals surface area contributed by atoms with Gasteiger partial charge in [-0.05, 0) is 34.4 Å². The Bertz CT molecular complexity index is 1330. The van der Waals surface area contributed by atoms with Gasteiger partial charge in [0.1, 0.15) is 0 Å². The molecular formula is C27H18AlN3O3-3. The first-order chi connectivity index (χ1) is 16.1. The van der Waals surface area contributed by atoms with Crippen molar-refractivity contribution < 1.29 is 15.3 Å². The fourth-order valence-electron chi connectivity index (χ4n) is 3.23. The number of benzene rings is 3. The molecule has 165 valence electrons. The van der Waals surface area contributed by atoms with Gasteiger partial charge >= 0.3 is 0 Å². The molecule has 0 fully saturated rings. The molecule has 0 aliphatic carbocycles. The summed E-state index contributed by atoms with van der Waals surface area (Å²) in [5.41, 5.74) is 1.65. The fraction of sp³-hybridized carbons (Fsp3) is 0. The quantitative estimate of drug-likeness (QED) is 0.322. The van der Waals surface area contributed by atoms with E-state index >= 15 is 0 Å². The van der Waals surface area contributed by atoms with Crippen molar-refractivity contribution in [2.24, 2.45) is 0 Å². The molecule has 34 heavy (non-hydrogen) atoms.